The molecule has 1 fully saturated rings. The summed E-state index contributed by atoms with van der Waals surface area (Å²) < 4.78 is 2.07. The molecule has 0 N–H and O–H groups in total. The minimum absolute atomic E-state index is 0.00982. The highest BCUT2D eigenvalue weighted by Gasteiger charge is 2.37. The molecule has 0 aliphatic carbocycles. The topological polar surface area (TPSA) is 51.0 Å². The first-order valence-electron chi connectivity index (χ1n) is 8.16. The maximum absolute atomic E-state index is 12.4. The number of hydrogen-bond acceptors (Lipinski definition) is 4. The normalized spacial score (nSPS) is 18.5. The molecule has 3 heterocycles. The summed E-state index contributed by atoms with van der Waals surface area (Å²) in [5.41, 5.74) is 4.14. The van der Waals surface area contributed by atoms with Crippen LogP contribution in [0.2, 0.25) is 0 Å². The molecule has 128 valence electrons. The summed E-state index contributed by atoms with van der Waals surface area (Å²) in [5, 5.41) is 4.75. The van der Waals surface area contributed by atoms with E-state index < -0.39 is 0 Å². The first-order chi connectivity index (χ1) is 11.3. The van der Waals surface area contributed by atoms with Crippen molar-refractivity contribution in [1.29, 1.82) is 0 Å². The van der Waals surface area contributed by atoms with E-state index in [0.29, 0.717) is 12.3 Å². The van der Waals surface area contributed by atoms with Crippen molar-refractivity contribution in [2.45, 2.75) is 52.1 Å². The number of carbonyl (C=O) groups excluding carboxylic acids is 1. The van der Waals surface area contributed by atoms with E-state index in [4.69, 9.17) is 5.10 Å². The lowest BCUT2D eigenvalue weighted by Crippen LogP contribution is -2.29. The number of rotatable bonds is 3. The fraction of sp³-hybridized carbons (Fsp3) is 0.500. The minimum atomic E-state index is -0.0772. The van der Waals surface area contributed by atoms with Crippen LogP contribution in [0.3, 0.4) is 0 Å². The van der Waals surface area contributed by atoms with Gasteiger partial charge < -0.3 is 4.90 Å². The predicted octanol–water partition coefficient (Wildman–Crippen LogP) is 3.42. The van der Waals surface area contributed by atoms with Crippen LogP contribution in [0, 0.1) is 13.8 Å². The molecule has 1 amide bonds. The van der Waals surface area contributed by atoms with E-state index in [0.717, 1.165) is 22.6 Å². The van der Waals surface area contributed by atoms with Crippen LogP contribution < -0.4 is 0 Å². The molecule has 1 aliphatic heterocycles. The molecule has 0 aromatic carbocycles. The minimum Gasteiger partial charge on any atom is -0.320 e. The largest absolute Gasteiger partial charge is 0.320 e. The summed E-state index contributed by atoms with van der Waals surface area (Å²) in [5.74, 6) is 0.676. The molecule has 2 aromatic rings. The zero-order valence-electron chi connectivity index (χ0n) is 14.9. The third-order valence-corrected chi connectivity index (χ3v) is 5.48. The average Bonchev–Trinajstić information content (AvgIpc) is 3.01. The van der Waals surface area contributed by atoms with Gasteiger partial charge in [-0.3, -0.25) is 14.5 Å². The maximum atomic E-state index is 12.4. The van der Waals surface area contributed by atoms with Crippen LogP contribution in [-0.4, -0.2) is 31.3 Å². The Labute approximate surface area is 147 Å². The lowest BCUT2D eigenvalue weighted by molar-refractivity contribution is -0.128. The highest BCUT2D eigenvalue weighted by molar-refractivity contribution is 8.00. The summed E-state index contributed by atoms with van der Waals surface area (Å²) in [4.78, 5) is 18.7. The second-order valence-electron chi connectivity index (χ2n) is 7.17. The smallest absolute Gasteiger partial charge is 0.234 e. The maximum Gasteiger partial charge on any atom is 0.234 e. The SMILES string of the molecule is Cc1nn(C(C)(C)C)c(C)c1C1SCC(=O)N1Cc1ccccn1. The van der Waals surface area contributed by atoms with Gasteiger partial charge in [-0.15, -0.1) is 11.8 Å². The Morgan fingerprint density at radius 2 is 2.04 bits per heavy atom. The van der Waals surface area contributed by atoms with Gasteiger partial charge in [-0.25, -0.2) is 0 Å². The second kappa shape index (κ2) is 6.24. The molecule has 6 heteroatoms. The van der Waals surface area contributed by atoms with E-state index in [1.165, 1.54) is 0 Å². The predicted molar refractivity (Wildman–Crippen MR) is 96.7 cm³/mol. The average molecular weight is 344 g/mol. The summed E-state index contributed by atoms with van der Waals surface area (Å²) in [7, 11) is 0. The Balaban J connectivity index is 1.96. The van der Waals surface area contributed by atoms with Crippen molar-refractivity contribution in [1.82, 2.24) is 19.7 Å². The number of hydrogen-bond donors (Lipinski definition) is 0. The van der Waals surface area contributed by atoms with Gasteiger partial charge in [0.15, 0.2) is 0 Å². The van der Waals surface area contributed by atoms with Crippen molar-refractivity contribution in [2.24, 2.45) is 0 Å². The standard InChI is InChI=1S/C18H24N4OS/c1-12-16(13(2)22(20-12)18(3,4)5)17-21(15(23)11-24-17)10-14-8-6-7-9-19-14/h6-9,17H,10-11H2,1-5H3. The molecule has 1 saturated heterocycles. The Kier molecular flexibility index (Phi) is 4.42. The van der Waals surface area contributed by atoms with E-state index in [9.17, 15) is 4.79 Å². The Hall–Kier alpha value is -1.82. The number of thioether (sulfide) groups is 1. The Morgan fingerprint density at radius 3 is 2.62 bits per heavy atom. The summed E-state index contributed by atoms with van der Waals surface area (Å²) in [6, 6.07) is 5.81. The highest BCUT2D eigenvalue weighted by Crippen LogP contribution is 2.42. The number of amides is 1. The fourth-order valence-electron chi connectivity index (χ4n) is 3.20. The molecule has 0 radical (unpaired) electrons. The second-order valence-corrected chi connectivity index (χ2v) is 8.24. The quantitative estimate of drug-likeness (QED) is 0.856. The summed E-state index contributed by atoms with van der Waals surface area (Å²) in [6.45, 7) is 11.1. The van der Waals surface area contributed by atoms with E-state index >= 15 is 0 Å². The monoisotopic (exact) mass is 344 g/mol. The van der Waals surface area contributed by atoms with Crippen molar-refractivity contribution in [2.75, 3.05) is 5.75 Å². The third kappa shape index (κ3) is 3.07. The van der Waals surface area contributed by atoms with Gasteiger partial charge in [0.2, 0.25) is 5.91 Å². The van der Waals surface area contributed by atoms with Crippen molar-refractivity contribution in [3.05, 3.63) is 47.0 Å². The number of nitrogens with zero attached hydrogens (tertiary/aromatic N) is 4. The van der Waals surface area contributed by atoms with Crippen LogP contribution in [0.5, 0.6) is 0 Å². The van der Waals surface area contributed by atoms with Crippen molar-refractivity contribution >= 4 is 17.7 Å². The third-order valence-electron chi connectivity index (χ3n) is 4.26. The van der Waals surface area contributed by atoms with E-state index in [1.807, 2.05) is 30.0 Å². The van der Waals surface area contributed by atoms with Crippen LogP contribution in [0.4, 0.5) is 0 Å². The van der Waals surface area contributed by atoms with Crippen LogP contribution in [0.1, 0.15) is 48.8 Å². The van der Waals surface area contributed by atoms with Crippen LogP contribution in [0.15, 0.2) is 24.4 Å². The summed E-state index contributed by atoms with van der Waals surface area (Å²) in [6.07, 6.45) is 1.77. The van der Waals surface area contributed by atoms with Gasteiger partial charge in [0.05, 0.1) is 29.2 Å². The first-order valence-corrected chi connectivity index (χ1v) is 9.21. The van der Waals surface area contributed by atoms with Crippen molar-refractivity contribution < 1.29 is 4.79 Å². The molecule has 0 saturated carbocycles. The van der Waals surface area contributed by atoms with E-state index in [-0.39, 0.29) is 16.8 Å². The lowest BCUT2D eigenvalue weighted by Gasteiger charge is -2.25. The molecule has 24 heavy (non-hydrogen) atoms. The van der Waals surface area contributed by atoms with Crippen molar-refractivity contribution in [3.8, 4) is 0 Å². The molecule has 1 unspecified atom stereocenters. The molecule has 1 aliphatic rings. The molecule has 3 rings (SSSR count). The Morgan fingerprint density at radius 1 is 1.29 bits per heavy atom. The highest BCUT2D eigenvalue weighted by atomic mass is 32.2. The number of aryl methyl sites for hydroxylation is 1. The molecule has 0 spiro atoms. The van der Waals surface area contributed by atoms with Crippen LogP contribution >= 0.6 is 11.8 Å². The van der Waals surface area contributed by atoms with Gasteiger partial charge in [-0.05, 0) is 46.8 Å². The van der Waals surface area contributed by atoms with Crippen LogP contribution in [-0.2, 0) is 16.9 Å². The van der Waals surface area contributed by atoms with Gasteiger partial charge in [0, 0.05) is 17.5 Å². The molecule has 2 aromatic heterocycles. The van der Waals surface area contributed by atoms with E-state index in [2.05, 4.69) is 37.4 Å². The number of pyridine rings is 1. The summed E-state index contributed by atoms with van der Waals surface area (Å²) >= 11 is 1.68. The van der Waals surface area contributed by atoms with Gasteiger partial charge in [-0.2, -0.15) is 5.10 Å². The molecule has 5 nitrogen and oxygen atoms in total. The fourth-order valence-corrected chi connectivity index (χ4v) is 4.54. The molecule has 1 atom stereocenters. The molecular formula is C18H24N4OS. The first kappa shape index (κ1) is 17.0. The van der Waals surface area contributed by atoms with Gasteiger partial charge in [0.25, 0.3) is 0 Å². The Bertz CT molecular complexity index is 748. The zero-order chi connectivity index (χ0) is 17.5. The number of carbonyl (C=O) groups is 1. The lowest BCUT2D eigenvalue weighted by atomic mass is 10.1. The van der Waals surface area contributed by atoms with Gasteiger partial charge in [-0.1, -0.05) is 6.07 Å². The van der Waals surface area contributed by atoms with Crippen molar-refractivity contribution in [3.63, 3.8) is 0 Å². The molecule has 0 bridgehead atoms. The number of aromatic nitrogens is 3. The van der Waals surface area contributed by atoms with Gasteiger partial charge >= 0.3 is 0 Å². The van der Waals surface area contributed by atoms with Gasteiger partial charge in [0.1, 0.15) is 5.37 Å². The molecular weight excluding hydrogens is 320 g/mol. The zero-order valence-corrected chi connectivity index (χ0v) is 15.7. The van der Waals surface area contributed by atoms with E-state index in [1.54, 1.807) is 18.0 Å². The van der Waals surface area contributed by atoms with Crippen LogP contribution in [0.25, 0.3) is 0 Å².